The van der Waals surface area contributed by atoms with Crippen LogP contribution in [0.1, 0.15) is 0 Å². The third-order valence-electron chi connectivity index (χ3n) is 2.03. The van der Waals surface area contributed by atoms with Crippen LogP contribution in [0.4, 0.5) is 0 Å². The molecule has 0 aromatic rings. The lowest BCUT2D eigenvalue weighted by Gasteiger charge is -2.16. The van der Waals surface area contributed by atoms with Gasteiger partial charge in [0, 0.05) is 14.7 Å². The number of hydrogen-bond donors (Lipinski definition) is 0. The molecule has 0 N–H and O–H groups in total. The third-order valence-corrected chi connectivity index (χ3v) is 7.00. The van der Waals surface area contributed by atoms with Gasteiger partial charge in [-0.2, -0.15) is 0 Å². The Hall–Kier alpha value is 0.637. The fourth-order valence-corrected chi connectivity index (χ4v) is 4.16. The Kier molecular flexibility index (Phi) is 6.72. The Balaban J connectivity index is 2.28. The summed E-state index contributed by atoms with van der Waals surface area (Å²) >= 11 is 11.9. The first-order valence-electron chi connectivity index (χ1n) is 5.32. The van der Waals surface area contributed by atoms with Gasteiger partial charge in [0.2, 0.25) is 0 Å². The van der Waals surface area contributed by atoms with Crippen LogP contribution in [0.2, 0.25) is 25.7 Å². The minimum atomic E-state index is -1.03. The molecule has 1 aliphatic heterocycles. The molecule has 0 saturated carbocycles. The molecule has 1 heterocycles. The van der Waals surface area contributed by atoms with Gasteiger partial charge in [-0.15, -0.1) is 0 Å². The summed E-state index contributed by atoms with van der Waals surface area (Å²) in [5.41, 5.74) is 0. The average molecular weight is 407 g/mol. The van der Waals surface area contributed by atoms with Crippen molar-refractivity contribution >= 4 is 56.0 Å². The minimum Gasteiger partial charge on any atom is -0.464 e. The number of rotatable bonds is 6. The first-order chi connectivity index (χ1) is 7.90. The van der Waals surface area contributed by atoms with E-state index in [0.29, 0.717) is 15.8 Å². The third kappa shape index (κ3) is 6.38. The molecule has 0 atom stereocenters. The monoisotopic (exact) mass is 406 g/mol. The largest absolute Gasteiger partial charge is 0.464 e. The highest BCUT2D eigenvalue weighted by Gasteiger charge is 2.14. The molecule has 0 fully saturated rings. The zero-order valence-corrected chi connectivity index (χ0v) is 14.9. The van der Waals surface area contributed by atoms with Crippen molar-refractivity contribution in [2.75, 3.05) is 13.4 Å². The van der Waals surface area contributed by atoms with Gasteiger partial charge in [-0.1, -0.05) is 63.6 Å². The first kappa shape index (κ1) is 15.7. The fraction of sp³-hybridized carbons (Fsp3) is 0.545. The Labute approximate surface area is 124 Å². The molecule has 0 unspecified atom stereocenters. The molecule has 6 heteroatoms. The van der Waals surface area contributed by atoms with E-state index >= 15 is 0 Å². The van der Waals surface area contributed by atoms with E-state index in [2.05, 4.69) is 19.6 Å². The Morgan fingerprint density at radius 3 is 2.59 bits per heavy atom. The summed E-state index contributed by atoms with van der Waals surface area (Å²) in [4.78, 5) is 0. The van der Waals surface area contributed by atoms with Gasteiger partial charge < -0.3 is 9.47 Å². The molecule has 1 rings (SSSR count). The predicted molar refractivity (Wildman–Crippen MR) is 87.0 cm³/mol. The Morgan fingerprint density at radius 1 is 1.29 bits per heavy atom. The Bertz CT molecular complexity index is 359. The second-order valence-electron chi connectivity index (χ2n) is 4.85. The summed E-state index contributed by atoms with van der Waals surface area (Å²) in [6, 6.07) is 1.13. The SMILES string of the molecule is C[Si](C)(C)CCOCOC1=C(Cl)C=IC=C1Cl. The van der Waals surface area contributed by atoms with Gasteiger partial charge in [-0.25, -0.2) is 0 Å². The van der Waals surface area contributed by atoms with Gasteiger partial charge in [0.1, 0.15) is 0 Å². The lowest BCUT2D eigenvalue weighted by Crippen LogP contribution is -2.22. The van der Waals surface area contributed by atoms with Crippen LogP contribution in [0, 0.1) is 0 Å². The maximum absolute atomic E-state index is 6.02. The van der Waals surface area contributed by atoms with Crippen molar-refractivity contribution < 1.29 is 9.47 Å². The topological polar surface area (TPSA) is 18.5 Å². The summed E-state index contributed by atoms with van der Waals surface area (Å²) in [7, 11) is -1.03. The van der Waals surface area contributed by atoms with Crippen LogP contribution < -0.4 is 0 Å². The minimum absolute atomic E-state index is 0.156. The highest BCUT2D eigenvalue weighted by atomic mass is 127. The lowest BCUT2D eigenvalue weighted by molar-refractivity contribution is -0.0144. The van der Waals surface area contributed by atoms with E-state index < -0.39 is 8.07 Å². The van der Waals surface area contributed by atoms with Crippen LogP contribution in [0.3, 0.4) is 0 Å². The smallest absolute Gasteiger partial charge is 0.189 e. The maximum atomic E-state index is 6.02. The molecule has 2 nitrogen and oxygen atoms in total. The molecule has 98 valence electrons. The first-order valence-corrected chi connectivity index (χ1v) is 12.3. The van der Waals surface area contributed by atoms with Crippen molar-refractivity contribution in [3.8, 4) is 0 Å². The van der Waals surface area contributed by atoms with Gasteiger partial charge in [-0.3, -0.25) is 0 Å². The maximum Gasteiger partial charge on any atom is 0.189 e. The van der Waals surface area contributed by atoms with Gasteiger partial charge in [0.05, 0.1) is 10.1 Å². The summed E-state index contributed by atoms with van der Waals surface area (Å²) in [5, 5.41) is 1.22. The predicted octanol–water partition coefficient (Wildman–Crippen LogP) is 4.63. The molecular weight excluding hydrogens is 390 g/mol. The van der Waals surface area contributed by atoms with Gasteiger partial charge in [-0.05, 0) is 14.1 Å². The molecule has 0 amide bonds. The van der Waals surface area contributed by atoms with E-state index in [1.165, 1.54) is 0 Å². The van der Waals surface area contributed by atoms with E-state index in [9.17, 15) is 0 Å². The van der Waals surface area contributed by atoms with E-state index in [-0.39, 0.29) is 27.5 Å². The summed E-state index contributed by atoms with van der Waals surface area (Å²) < 4.78 is 14.8. The average Bonchev–Trinajstić information content (AvgIpc) is 2.20. The molecule has 0 spiro atoms. The summed E-state index contributed by atoms with van der Waals surface area (Å²) in [6.07, 6.45) is 0. The number of allylic oxidation sites excluding steroid dienone is 2. The molecule has 0 saturated heterocycles. The van der Waals surface area contributed by atoms with Crippen molar-refractivity contribution in [2.45, 2.75) is 25.7 Å². The van der Waals surface area contributed by atoms with Crippen LogP contribution in [0.25, 0.3) is 0 Å². The molecule has 0 radical (unpaired) electrons. The quantitative estimate of drug-likeness (QED) is 0.277. The molecule has 17 heavy (non-hydrogen) atoms. The van der Waals surface area contributed by atoms with Crippen LogP contribution in [-0.4, -0.2) is 25.5 Å². The fourth-order valence-electron chi connectivity index (χ4n) is 1.03. The highest BCUT2D eigenvalue weighted by molar-refractivity contribution is 14.2. The zero-order valence-electron chi connectivity index (χ0n) is 10.2. The van der Waals surface area contributed by atoms with Crippen molar-refractivity contribution in [3.05, 3.63) is 19.9 Å². The van der Waals surface area contributed by atoms with E-state index in [4.69, 9.17) is 32.7 Å². The van der Waals surface area contributed by atoms with Gasteiger partial charge >= 0.3 is 0 Å². The standard InChI is InChI=1S/C11H17Cl2IO2Si/c1-17(2,3)5-4-15-8-16-11-9(12)6-14-7-10(11)13/h6-7H,4-5,8H2,1-3H3. The highest BCUT2D eigenvalue weighted by Crippen LogP contribution is 2.29. The molecule has 1 aliphatic rings. The van der Waals surface area contributed by atoms with Crippen molar-refractivity contribution in [2.24, 2.45) is 0 Å². The zero-order chi connectivity index (χ0) is 12.9. The second-order valence-corrected chi connectivity index (χ2v) is 13.3. The molecule has 0 aliphatic carbocycles. The Morgan fingerprint density at radius 2 is 2.00 bits per heavy atom. The van der Waals surface area contributed by atoms with E-state index in [0.717, 1.165) is 12.7 Å². The van der Waals surface area contributed by atoms with Crippen LogP contribution in [0.15, 0.2) is 19.9 Å². The molecule has 0 aromatic heterocycles. The normalized spacial score (nSPS) is 16.6. The van der Waals surface area contributed by atoms with Crippen molar-refractivity contribution in [1.82, 2.24) is 0 Å². The van der Waals surface area contributed by atoms with Gasteiger partial charge in [0.25, 0.3) is 0 Å². The summed E-state index contributed by atoms with van der Waals surface area (Å²) in [5.74, 6) is 0.548. The van der Waals surface area contributed by atoms with Crippen molar-refractivity contribution in [1.29, 1.82) is 0 Å². The van der Waals surface area contributed by atoms with E-state index in [1.807, 2.05) is 8.09 Å². The van der Waals surface area contributed by atoms with Crippen LogP contribution in [-0.2, 0) is 9.47 Å². The van der Waals surface area contributed by atoms with Crippen molar-refractivity contribution in [3.63, 3.8) is 0 Å². The number of halogens is 3. The molecule has 0 aromatic carbocycles. The molecular formula is C11H17Cl2IO2Si. The van der Waals surface area contributed by atoms with E-state index in [1.54, 1.807) is 0 Å². The number of hydrogen-bond acceptors (Lipinski definition) is 2. The van der Waals surface area contributed by atoms with Crippen LogP contribution >= 0.6 is 43.9 Å². The number of ether oxygens (including phenoxy) is 2. The lowest BCUT2D eigenvalue weighted by atomic mass is 10.4. The molecule has 0 bridgehead atoms. The van der Waals surface area contributed by atoms with Gasteiger partial charge in [0.15, 0.2) is 12.6 Å². The second kappa shape index (κ2) is 7.28. The summed E-state index contributed by atoms with van der Waals surface area (Å²) in [6.45, 7) is 7.90. The van der Waals surface area contributed by atoms with Crippen LogP contribution in [0.5, 0.6) is 0 Å².